The first-order valence-corrected chi connectivity index (χ1v) is 6.42. The molecule has 5 heteroatoms. The molecule has 0 aromatic heterocycles. The number of hydrogen-bond donors (Lipinski definition) is 1. The molecule has 0 bridgehead atoms. The lowest BCUT2D eigenvalue weighted by Crippen LogP contribution is -2.27. The summed E-state index contributed by atoms with van der Waals surface area (Å²) in [5.74, 6) is -0.766. The average molecular weight is 276 g/mol. The summed E-state index contributed by atoms with van der Waals surface area (Å²) in [6.07, 6.45) is -0.663. The van der Waals surface area contributed by atoms with Crippen LogP contribution >= 0.6 is 0 Å². The fourth-order valence-corrected chi connectivity index (χ4v) is 2.64. The van der Waals surface area contributed by atoms with Gasteiger partial charge in [0, 0.05) is 5.56 Å². The van der Waals surface area contributed by atoms with Crippen LogP contribution in [0.5, 0.6) is 0 Å². The number of alkyl halides is 3. The Kier molecular flexibility index (Phi) is 3.85. The van der Waals surface area contributed by atoms with Crippen molar-refractivity contribution in [2.75, 3.05) is 0 Å². The third-order valence-corrected chi connectivity index (χ3v) is 3.73. The molecule has 0 unspecified atom stereocenters. The van der Waals surface area contributed by atoms with E-state index in [9.17, 15) is 22.7 Å². The zero-order valence-electron chi connectivity index (χ0n) is 10.4. The summed E-state index contributed by atoms with van der Waals surface area (Å²) in [7, 11) is 0. The number of halogens is 4. The van der Waals surface area contributed by atoms with Crippen molar-refractivity contribution in [3.05, 3.63) is 35.1 Å². The summed E-state index contributed by atoms with van der Waals surface area (Å²) in [6, 6.07) is 2.25. The minimum atomic E-state index is -4.52. The molecule has 0 saturated heterocycles. The number of benzene rings is 1. The van der Waals surface area contributed by atoms with Gasteiger partial charge in [-0.1, -0.05) is 25.7 Å². The van der Waals surface area contributed by atoms with Crippen LogP contribution in [0.1, 0.15) is 49.7 Å². The molecule has 1 saturated carbocycles. The molecule has 0 amide bonds. The molecule has 1 aromatic rings. The van der Waals surface area contributed by atoms with Crippen LogP contribution in [0.15, 0.2) is 18.2 Å². The second kappa shape index (κ2) is 5.12. The molecule has 0 aliphatic heterocycles. The van der Waals surface area contributed by atoms with Crippen molar-refractivity contribution >= 4 is 0 Å². The van der Waals surface area contributed by atoms with E-state index in [1.807, 2.05) is 0 Å². The molecule has 0 heterocycles. The first-order chi connectivity index (χ1) is 8.83. The average Bonchev–Trinajstić information content (AvgIpc) is 2.54. The summed E-state index contributed by atoms with van der Waals surface area (Å²) in [6.45, 7) is 0. The first-order valence-electron chi connectivity index (χ1n) is 6.42. The van der Waals surface area contributed by atoms with Crippen molar-refractivity contribution in [3.8, 4) is 0 Å². The van der Waals surface area contributed by atoms with Crippen molar-refractivity contribution in [2.45, 2.75) is 50.3 Å². The summed E-state index contributed by atoms with van der Waals surface area (Å²) in [5, 5.41) is 10.5. The van der Waals surface area contributed by atoms with Gasteiger partial charge in [0.15, 0.2) is 0 Å². The fraction of sp³-hybridized carbons (Fsp3) is 0.571. The Balaban J connectivity index is 2.42. The topological polar surface area (TPSA) is 20.2 Å². The lowest BCUT2D eigenvalue weighted by Gasteiger charge is -2.28. The number of rotatable bonds is 1. The molecular weight excluding hydrogens is 260 g/mol. The first kappa shape index (κ1) is 14.3. The van der Waals surface area contributed by atoms with E-state index in [0.29, 0.717) is 31.7 Å². The molecule has 1 N–H and O–H groups in total. The number of hydrogen-bond acceptors (Lipinski definition) is 1. The highest BCUT2D eigenvalue weighted by atomic mass is 19.4. The lowest BCUT2D eigenvalue weighted by molar-refractivity contribution is -0.137. The van der Waals surface area contributed by atoms with E-state index in [4.69, 9.17) is 0 Å². The Morgan fingerprint density at radius 2 is 1.58 bits per heavy atom. The second-order valence-corrected chi connectivity index (χ2v) is 5.14. The Hall–Kier alpha value is -1.10. The Morgan fingerprint density at radius 1 is 1.00 bits per heavy atom. The smallest absolute Gasteiger partial charge is 0.385 e. The normalized spacial score (nSPS) is 20.1. The van der Waals surface area contributed by atoms with E-state index >= 15 is 0 Å². The van der Waals surface area contributed by atoms with Crippen LogP contribution in [0, 0.1) is 5.82 Å². The molecule has 0 atom stereocenters. The van der Waals surface area contributed by atoms with Gasteiger partial charge in [0.05, 0.1) is 11.2 Å². The molecule has 1 fully saturated rings. The van der Waals surface area contributed by atoms with Crippen molar-refractivity contribution < 1.29 is 22.7 Å². The Morgan fingerprint density at radius 3 is 2.11 bits per heavy atom. The monoisotopic (exact) mass is 276 g/mol. The summed E-state index contributed by atoms with van der Waals surface area (Å²) in [4.78, 5) is 0. The van der Waals surface area contributed by atoms with E-state index in [1.54, 1.807) is 0 Å². The van der Waals surface area contributed by atoms with Gasteiger partial charge < -0.3 is 5.11 Å². The highest BCUT2D eigenvalue weighted by Crippen LogP contribution is 2.39. The van der Waals surface area contributed by atoms with Gasteiger partial charge in [-0.25, -0.2) is 4.39 Å². The highest BCUT2D eigenvalue weighted by molar-refractivity contribution is 5.31. The largest absolute Gasteiger partial charge is 0.416 e. The van der Waals surface area contributed by atoms with Gasteiger partial charge in [0.2, 0.25) is 0 Å². The van der Waals surface area contributed by atoms with E-state index in [1.165, 1.54) is 0 Å². The SMILES string of the molecule is OC1(c2cc(C(F)(F)F)ccc2F)CCCCCC1. The van der Waals surface area contributed by atoms with Gasteiger partial charge in [0.25, 0.3) is 0 Å². The predicted molar refractivity (Wildman–Crippen MR) is 63.0 cm³/mol. The third-order valence-electron chi connectivity index (χ3n) is 3.73. The van der Waals surface area contributed by atoms with Crippen LogP contribution in [0.4, 0.5) is 17.6 Å². The summed E-state index contributed by atoms with van der Waals surface area (Å²) < 4.78 is 51.8. The molecule has 19 heavy (non-hydrogen) atoms. The summed E-state index contributed by atoms with van der Waals surface area (Å²) >= 11 is 0. The standard InChI is InChI=1S/C14H16F4O/c15-12-6-5-10(14(16,17)18)9-11(12)13(19)7-3-1-2-4-8-13/h5-6,9,19H,1-4,7-8H2. The molecule has 2 rings (SSSR count). The van der Waals surface area contributed by atoms with Crippen molar-refractivity contribution in [1.29, 1.82) is 0 Å². The fourth-order valence-electron chi connectivity index (χ4n) is 2.64. The molecule has 0 radical (unpaired) electrons. The van der Waals surface area contributed by atoms with E-state index in [0.717, 1.165) is 25.0 Å². The maximum atomic E-state index is 13.8. The molecular formula is C14H16F4O. The van der Waals surface area contributed by atoms with Gasteiger partial charge in [-0.3, -0.25) is 0 Å². The predicted octanol–water partition coefficient (Wildman–Crippen LogP) is 4.39. The zero-order valence-corrected chi connectivity index (χ0v) is 10.4. The Bertz CT molecular complexity index is 445. The van der Waals surface area contributed by atoms with Gasteiger partial charge in [0.1, 0.15) is 5.82 Å². The summed E-state index contributed by atoms with van der Waals surface area (Å²) in [5.41, 5.74) is -2.60. The van der Waals surface area contributed by atoms with Crippen LogP contribution < -0.4 is 0 Å². The van der Waals surface area contributed by atoms with E-state index in [-0.39, 0.29) is 5.56 Å². The maximum absolute atomic E-state index is 13.8. The second-order valence-electron chi connectivity index (χ2n) is 5.14. The van der Waals surface area contributed by atoms with E-state index in [2.05, 4.69) is 0 Å². The lowest BCUT2D eigenvalue weighted by atomic mass is 9.85. The minimum Gasteiger partial charge on any atom is -0.385 e. The maximum Gasteiger partial charge on any atom is 0.416 e. The molecule has 1 aliphatic carbocycles. The van der Waals surface area contributed by atoms with Crippen LogP contribution in [-0.2, 0) is 11.8 Å². The van der Waals surface area contributed by atoms with Gasteiger partial charge in [-0.15, -0.1) is 0 Å². The molecule has 106 valence electrons. The van der Waals surface area contributed by atoms with Gasteiger partial charge >= 0.3 is 6.18 Å². The molecule has 1 aromatic carbocycles. The van der Waals surface area contributed by atoms with E-state index < -0.39 is 23.2 Å². The van der Waals surface area contributed by atoms with Crippen LogP contribution in [-0.4, -0.2) is 5.11 Å². The Labute approximate surface area is 109 Å². The quantitative estimate of drug-likeness (QED) is 0.596. The van der Waals surface area contributed by atoms with Crippen molar-refractivity contribution in [1.82, 2.24) is 0 Å². The minimum absolute atomic E-state index is 0.218. The molecule has 1 aliphatic rings. The third kappa shape index (κ3) is 3.08. The zero-order chi connectivity index (χ0) is 14.1. The van der Waals surface area contributed by atoms with Gasteiger partial charge in [-0.05, 0) is 31.0 Å². The molecule has 0 spiro atoms. The van der Waals surface area contributed by atoms with Crippen molar-refractivity contribution in [3.63, 3.8) is 0 Å². The van der Waals surface area contributed by atoms with Gasteiger partial charge in [-0.2, -0.15) is 13.2 Å². The van der Waals surface area contributed by atoms with Crippen LogP contribution in [0.2, 0.25) is 0 Å². The van der Waals surface area contributed by atoms with Crippen LogP contribution in [0.3, 0.4) is 0 Å². The van der Waals surface area contributed by atoms with Crippen LogP contribution in [0.25, 0.3) is 0 Å². The van der Waals surface area contributed by atoms with Crippen molar-refractivity contribution in [2.24, 2.45) is 0 Å². The highest BCUT2D eigenvalue weighted by Gasteiger charge is 2.36. The number of aliphatic hydroxyl groups is 1. The molecule has 1 nitrogen and oxygen atoms in total.